The molecule has 3 heterocycles. The minimum Gasteiger partial charge on any atom is -0.461 e. The van der Waals surface area contributed by atoms with Gasteiger partial charge in [-0.1, -0.05) is 0 Å². The van der Waals surface area contributed by atoms with Gasteiger partial charge in [-0.2, -0.15) is 4.98 Å². The van der Waals surface area contributed by atoms with Gasteiger partial charge in [0.25, 0.3) is 0 Å². The molecular weight excluding hydrogens is 449 g/mol. The average Bonchev–Trinajstić information content (AvgIpc) is 3.23. The first kappa shape index (κ1) is 24.6. The Bertz CT molecular complexity index is 1160. The molecule has 0 radical (unpaired) electrons. The highest BCUT2D eigenvalue weighted by Gasteiger charge is 2.30. The van der Waals surface area contributed by atoms with Crippen LogP contribution in [0.25, 0.3) is 22.6 Å². The fraction of sp³-hybridized carbons (Fsp3) is 0.462. The molecule has 1 amide bonds. The molecule has 4 rings (SSSR count). The van der Waals surface area contributed by atoms with Gasteiger partial charge in [0.1, 0.15) is 11.4 Å². The number of ether oxygens (including phenoxy) is 2. The fourth-order valence-corrected chi connectivity index (χ4v) is 4.10. The van der Waals surface area contributed by atoms with Crippen LogP contribution in [0, 0.1) is 5.82 Å². The van der Waals surface area contributed by atoms with E-state index in [9.17, 15) is 9.18 Å². The van der Waals surface area contributed by atoms with E-state index in [0.29, 0.717) is 24.5 Å². The van der Waals surface area contributed by atoms with Gasteiger partial charge in [-0.05, 0) is 77.8 Å². The number of benzene rings is 1. The first-order valence-corrected chi connectivity index (χ1v) is 11.9. The lowest BCUT2D eigenvalue weighted by atomic mass is 10.0. The molecule has 0 spiro atoms. The van der Waals surface area contributed by atoms with Crippen molar-refractivity contribution in [2.24, 2.45) is 0 Å². The standard InChI is InChI=1S/C26H32FN5O3/c1-17(2)34-24-28-13-10-21(30-24)23-22(18-6-8-19(27)9-7-18)29-16-32(23)20-11-14-31(15-12-20)25(33)35-26(3,4)5/h6-10,13,16-17,20H,11-12,14-15H2,1-5H3. The third-order valence-corrected chi connectivity index (χ3v) is 5.64. The molecule has 186 valence electrons. The molecule has 0 atom stereocenters. The number of amides is 1. The summed E-state index contributed by atoms with van der Waals surface area (Å²) in [4.78, 5) is 27.8. The summed E-state index contributed by atoms with van der Waals surface area (Å²) < 4.78 is 27.0. The van der Waals surface area contributed by atoms with E-state index in [4.69, 9.17) is 14.5 Å². The first-order valence-electron chi connectivity index (χ1n) is 11.9. The molecule has 35 heavy (non-hydrogen) atoms. The maximum atomic E-state index is 13.6. The molecule has 1 fully saturated rings. The minimum absolute atomic E-state index is 0.0658. The highest BCUT2D eigenvalue weighted by Crippen LogP contribution is 2.36. The van der Waals surface area contributed by atoms with Gasteiger partial charge in [-0.15, -0.1) is 0 Å². The van der Waals surface area contributed by atoms with Gasteiger partial charge in [0, 0.05) is 30.9 Å². The molecule has 1 aliphatic heterocycles. The van der Waals surface area contributed by atoms with E-state index < -0.39 is 5.60 Å². The second-order valence-corrected chi connectivity index (χ2v) is 9.95. The minimum atomic E-state index is -0.529. The summed E-state index contributed by atoms with van der Waals surface area (Å²) >= 11 is 0. The normalized spacial score (nSPS) is 14.9. The molecule has 0 saturated carbocycles. The zero-order valence-electron chi connectivity index (χ0n) is 20.9. The lowest BCUT2D eigenvalue weighted by molar-refractivity contribution is 0.0189. The monoisotopic (exact) mass is 481 g/mol. The van der Waals surface area contributed by atoms with Crippen molar-refractivity contribution in [1.82, 2.24) is 24.4 Å². The molecule has 1 aromatic carbocycles. The topological polar surface area (TPSA) is 82.4 Å². The van der Waals surface area contributed by atoms with Gasteiger partial charge in [0.15, 0.2) is 0 Å². The van der Waals surface area contributed by atoms with Crippen LogP contribution >= 0.6 is 0 Å². The zero-order valence-corrected chi connectivity index (χ0v) is 20.9. The molecule has 0 aliphatic carbocycles. The summed E-state index contributed by atoms with van der Waals surface area (Å²) in [6, 6.07) is 8.48. The van der Waals surface area contributed by atoms with Crippen LogP contribution in [0.3, 0.4) is 0 Å². The molecule has 0 N–H and O–H groups in total. The summed E-state index contributed by atoms with van der Waals surface area (Å²) in [6.45, 7) is 10.6. The summed E-state index contributed by atoms with van der Waals surface area (Å²) in [7, 11) is 0. The van der Waals surface area contributed by atoms with Crippen molar-refractivity contribution >= 4 is 6.09 Å². The van der Waals surface area contributed by atoms with Crippen LogP contribution in [0.4, 0.5) is 9.18 Å². The Hall–Kier alpha value is -3.49. The van der Waals surface area contributed by atoms with Gasteiger partial charge in [-0.25, -0.2) is 19.2 Å². The molecule has 0 bridgehead atoms. The van der Waals surface area contributed by atoms with E-state index in [-0.39, 0.29) is 30.1 Å². The van der Waals surface area contributed by atoms with E-state index in [1.165, 1.54) is 12.1 Å². The second kappa shape index (κ2) is 10.0. The lowest BCUT2D eigenvalue weighted by Gasteiger charge is -2.34. The Morgan fingerprint density at radius 2 is 1.77 bits per heavy atom. The predicted molar refractivity (Wildman–Crippen MR) is 130 cm³/mol. The largest absolute Gasteiger partial charge is 0.461 e. The van der Waals surface area contributed by atoms with Gasteiger partial charge in [0.2, 0.25) is 0 Å². The van der Waals surface area contributed by atoms with Crippen molar-refractivity contribution in [2.75, 3.05) is 13.1 Å². The summed E-state index contributed by atoms with van der Waals surface area (Å²) in [5.41, 5.74) is 2.44. The van der Waals surface area contributed by atoms with E-state index in [1.54, 1.807) is 29.6 Å². The fourth-order valence-electron chi connectivity index (χ4n) is 4.10. The maximum absolute atomic E-state index is 13.6. The van der Waals surface area contributed by atoms with Crippen LogP contribution in [0.5, 0.6) is 6.01 Å². The van der Waals surface area contributed by atoms with Crippen molar-refractivity contribution in [1.29, 1.82) is 0 Å². The van der Waals surface area contributed by atoms with Crippen LogP contribution in [0.2, 0.25) is 0 Å². The summed E-state index contributed by atoms with van der Waals surface area (Å²) in [5.74, 6) is -0.307. The number of rotatable bonds is 5. The number of hydrogen-bond acceptors (Lipinski definition) is 6. The molecule has 0 unspecified atom stereocenters. The van der Waals surface area contributed by atoms with Crippen LogP contribution in [0.1, 0.15) is 53.5 Å². The molecule has 9 heteroatoms. The number of carbonyl (C=O) groups excluding carboxylic acids is 1. The second-order valence-electron chi connectivity index (χ2n) is 9.95. The van der Waals surface area contributed by atoms with Crippen LogP contribution < -0.4 is 4.74 Å². The Labute approximate surface area is 205 Å². The zero-order chi connectivity index (χ0) is 25.2. The highest BCUT2D eigenvalue weighted by atomic mass is 19.1. The van der Waals surface area contributed by atoms with Crippen molar-refractivity contribution in [3.8, 4) is 28.7 Å². The SMILES string of the molecule is CC(C)Oc1nccc(-c2c(-c3ccc(F)cc3)ncn2C2CCN(C(=O)OC(C)(C)C)CC2)n1. The predicted octanol–water partition coefficient (Wildman–Crippen LogP) is 5.51. The number of aromatic nitrogens is 4. The third kappa shape index (κ3) is 5.96. The van der Waals surface area contributed by atoms with Gasteiger partial charge in [-0.3, -0.25) is 0 Å². The average molecular weight is 482 g/mol. The Balaban J connectivity index is 1.66. The third-order valence-electron chi connectivity index (χ3n) is 5.64. The van der Waals surface area contributed by atoms with Crippen molar-refractivity contribution in [3.63, 3.8) is 0 Å². The molecule has 1 saturated heterocycles. The molecule has 8 nitrogen and oxygen atoms in total. The Morgan fingerprint density at radius 3 is 2.40 bits per heavy atom. The van der Waals surface area contributed by atoms with Crippen molar-refractivity contribution in [2.45, 2.75) is 65.2 Å². The number of carbonyl (C=O) groups is 1. The van der Waals surface area contributed by atoms with E-state index in [1.807, 2.05) is 40.7 Å². The number of piperidine rings is 1. The smallest absolute Gasteiger partial charge is 0.410 e. The van der Waals surface area contributed by atoms with Crippen LogP contribution in [0.15, 0.2) is 42.9 Å². The number of hydrogen-bond donors (Lipinski definition) is 0. The highest BCUT2D eigenvalue weighted by molar-refractivity contribution is 5.77. The van der Waals surface area contributed by atoms with Crippen LogP contribution in [-0.2, 0) is 4.74 Å². The van der Waals surface area contributed by atoms with Crippen LogP contribution in [-0.4, -0.2) is 55.3 Å². The first-order chi connectivity index (χ1) is 16.6. The van der Waals surface area contributed by atoms with Gasteiger partial charge >= 0.3 is 12.1 Å². The lowest BCUT2D eigenvalue weighted by Crippen LogP contribution is -2.42. The number of nitrogens with zero attached hydrogens (tertiary/aromatic N) is 5. The molecule has 2 aromatic heterocycles. The number of halogens is 1. The number of likely N-dealkylation sites (tertiary alicyclic amines) is 1. The quantitative estimate of drug-likeness (QED) is 0.478. The Kier molecular flexibility index (Phi) is 7.05. The summed E-state index contributed by atoms with van der Waals surface area (Å²) in [5, 5.41) is 0. The van der Waals surface area contributed by atoms with Crippen molar-refractivity contribution in [3.05, 3.63) is 48.7 Å². The molecule has 3 aromatic rings. The van der Waals surface area contributed by atoms with E-state index in [0.717, 1.165) is 24.1 Å². The van der Waals surface area contributed by atoms with Gasteiger partial charge < -0.3 is 18.9 Å². The van der Waals surface area contributed by atoms with Crippen molar-refractivity contribution < 1.29 is 18.7 Å². The summed E-state index contributed by atoms with van der Waals surface area (Å²) in [6.07, 6.45) is 4.59. The number of imidazole rings is 1. The molecule has 1 aliphatic rings. The Morgan fingerprint density at radius 1 is 1.09 bits per heavy atom. The molecular formula is C26H32FN5O3. The van der Waals surface area contributed by atoms with E-state index in [2.05, 4.69) is 14.5 Å². The maximum Gasteiger partial charge on any atom is 0.410 e. The van der Waals surface area contributed by atoms with Gasteiger partial charge in [0.05, 0.1) is 29.5 Å². The van der Waals surface area contributed by atoms with E-state index >= 15 is 0 Å².